The molecule has 1 saturated heterocycles. The average Bonchev–Trinajstić information content (AvgIpc) is 2.02. The second-order valence-electron chi connectivity index (χ2n) is 4.02. The van der Waals surface area contributed by atoms with Crippen LogP contribution in [0.5, 0.6) is 0 Å². The zero-order valence-electron chi connectivity index (χ0n) is 8.02. The van der Waals surface area contributed by atoms with Gasteiger partial charge in [-0.25, -0.2) is 8.78 Å². The van der Waals surface area contributed by atoms with Crippen molar-refractivity contribution in [3.63, 3.8) is 0 Å². The highest BCUT2D eigenvalue weighted by Crippen LogP contribution is 2.29. The van der Waals surface area contributed by atoms with Gasteiger partial charge in [0.25, 0.3) is 0 Å². The van der Waals surface area contributed by atoms with Gasteiger partial charge in [0.05, 0.1) is 0 Å². The Kier molecular flexibility index (Phi) is 3.62. The summed E-state index contributed by atoms with van der Waals surface area (Å²) in [7, 11) is 0. The molecular formula is C9H18F2N2. The lowest BCUT2D eigenvalue weighted by molar-refractivity contribution is -0.0153. The third-order valence-electron chi connectivity index (χ3n) is 2.69. The molecule has 78 valence electrons. The molecule has 0 aliphatic carbocycles. The van der Waals surface area contributed by atoms with Crippen molar-refractivity contribution in [2.24, 2.45) is 17.6 Å². The van der Waals surface area contributed by atoms with Gasteiger partial charge in [-0.1, -0.05) is 0 Å². The van der Waals surface area contributed by atoms with Gasteiger partial charge in [0.15, 0.2) is 0 Å². The van der Waals surface area contributed by atoms with Crippen LogP contribution in [0, 0.1) is 11.8 Å². The van der Waals surface area contributed by atoms with E-state index < -0.39 is 5.92 Å². The molecule has 2 atom stereocenters. The standard InChI is InChI=1S/C9H18F2N2/c1-9(10,11)4-8-6-13-3-2-7(8)5-12/h7-8,13H,2-6,12H2,1H3. The monoisotopic (exact) mass is 192 g/mol. The predicted octanol–water partition coefficient (Wildman–Crippen LogP) is 1.22. The molecule has 2 unspecified atom stereocenters. The minimum Gasteiger partial charge on any atom is -0.330 e. The maximum Gasteiger partial charge on any atom is 0.245 e. The molecule has 0 aromatic rings. The van der Waals surface area contributed by atoms with Crippen LogP contribution in [0.25, 0.3) is 0 Å². The number of halogens is 2. The number of hydrogen-bond donors (Lipinski definition) is 2. The summed E-state index contributed by atoms with van der Waals surface area (Å²) in [5.74, 6) is -2.25. The van der Waals surface area contributed by atoms with E-state index in [-0.39, 0.29) is 18.3 Å². The Hall–Kier alpha value is -0.220. The van der Waals surface area contributed by atoms with Crippen LogP contribution in [-0.2, 0) is 0 Å². The predicted molar refractivity (Wildman–Crippen MR) is 48.8 cm³/mol. The van der Waals surface area contributed by atoms with Crippen LogP contribution in [0.3, 0.4) is 0 Å². The lowest BCUT2D eigenvalue weighted by Crippen LogP contribution is -2.41. The van der Waals surface area contributed by atoms with Crippen LogP contribution in [0.15, 0.2) is 0 Å². The first-order valence-corrected chi connectivity index (χ1v) is 4.81. The second kappa shape index (κ2) is 4.33. The third kappa shape index (κ3) is 3.56. The van der Waals surface area contributed by atoms with E-state index in [1.54, 1.807) is 0 Å². The van der Waals surface area contributed by atoms with E-state index in [0.717, 1.165) is 19.9 Å². The molecule has 0 spiro atoms. The fourth-order valence-corrected chi connectivity index (χ4v) is 1.99. The highest BCUT2D eigenvalue weighted by atomic mass is 19.3. The van der Waals surface area contributed by atoms with E-state index >= 15 is 0 Å². The average molecular weight is 192 g/mol. The summed E-state index contributed by atoms with van der Waals surface area (Å²) >= 11 is 0. The summed E-state index contributed by atoms with van der Waals surface area (Å²) in [5, 5.41) is 3.13. The largest absolute Gasteiger partial charge is 0.330 e. The summed E-state index contributed by atoms with van der Waals surface area (Å²) in [6.07, 6.45) is 0.888. The van der Waals surface area contributed by atoms with Crippen LogP contribution >= 0.6 is 0 Å². The van der Waals surface area contributed by atoms with Gasteiger partial charge >= 0.3 is 0 Å². The minimum atomic E-state index is -2.56. The Morgan fingerprint density at radius 1 is 1.46 bits per heavy atom. The van der Waals surface area contributed by atoms with Crippen molar-refractivity contribution in [1.29, 1.82) is 0 Å². The van der Waals surface area contributed by atoms with Gasteiger partial charge in [-0.15, -0.1) is 0 Å². The molecule has 1 aliphatic rings. The Morgan fingerprint density at radius 2 is 2.15 bits per heavy atom. The molecule has 0 saturated carbocycles. The molecule has 1 heterocycles. The van der Waals surface area contributed by atoms with E-state index in [1.807, 2.05) is 0 Å². The van der Waals surface area contributed by atoms with Crippen LogP contribution in [0.4, 0.5) is 8.78 Å². The highest BCUT2D eigenvalue weighted by molar-refractivity contribution is 4.81. The van der Waals surface area contributed by atoms with Gasteiger partial charge in [0.2, 0.25) is 5.92 Å². The fraction of sp³-hybridized carbons (Fsp3) is 1.00. The second-order valence-corrected chi connectivity index (χ2v) is 4.02. The molecule has 1 aliphatic heterocycles. The number of hydrogen-bond acceptors (Lipinski definition) is 2. The minimum absolute atomic E-state index is 0.0398. The zero-order valence-corrected chi connectivity index (χ0v) is 8.02. The third-order valence-corrected chi connectivity index (χ3v) is 2.69. The van der Waals surface area contributed by atoms with Crippen LogP contribution in [-0.4, -0.2) is 25.6 Å². The highest BCUT2D eigenvalue weighted by Gasteiger charge is 2.32. The van der Waals surface area contributed by atoms with Gasteiger partial charge in [0, 0.05) is 6.42 Å². The number of nitrogens with two attached hydrogens (primary N) is 1. The summed E-state index contributed by atoms with van der Waals surface area (Å²) in [4.78, 5) is 0. The molecule has 0 aromatic carbocycles. The van der Waals surface area contributed by atoms with Gasteiger partial charge in [-0.3, -0.25) is 0 Å². The first kappa shape index (κ1) is 10.9. The molecule has 2 nitrogen and oxygen atoms in total. The smallest absolute Gasteiger partial charge is 0.245 e. The van der Waals surface area contributed by atoms with E-state index in [1.165, 1.54) is 0 Å². The first-order valence-electron chi connectivity index (χ1n) is 4.81. The van der Waals surface area contributed by atoms with E-state index in [0.29, 0.717) is 13.1 Å². The number of rotatable bonds is 3. The molecule has 1 fully saturated rings. The molecule has 4 heteroatoms. The van der Waals surface area contributed by atoms with E-state index in [2.05, 4.69) is 5.32 Å². The van der Waals surface area contributed by atoms with Crippen LogP contribution in [0.1, 0.15) is 19.8 Å². The Morgan fingerprint density at radius 3 is 2.69 bits per heavy atom. The van der Waals surface area contributed by atoms with Crippen molar-refractivity contribution in [3.8, 4) is 0 Å². The van der Waals surface area contributed by atoms with Gasteiger partial charge in [0.1, 0.15) is 0 Å². The van der Waals surface area contributed by atoms with Crippen molar-refractivity contribution in [1.82, 2.24) is 5.32 Å². The van der Waals surface area contributed by atoms with E-state index in [4.69, 9.17) is 5.73 Å². The summed E-state index contributed by atoms with van der Waals surface area (Å²) in [5.41, 5.74) is 5.54. The number of alkyl halides is 2. The molecule has 0 radical (unpaired) electrons. The van der Waals surface area contributed by atoms with Crippen LogP contribution in [0.2, 0.25) is 0 Å². The Labute approximate surface area is 77.9 Å². The van der Waals surface area contributed by atoms with Crippen molar-refractivity contribution in [3.05, 3.63) is 0 Å². The number of piperidine rings is 1. The Balaban J connectivity index is 2.45. The molecule has 3 N–H and O–H groups in total. The molecule has 13 heavy (non-hydrogen) atoms. The maximum atomic E-state index is 12.7. The lowest BCUT2D eigenvalue weighted by atomic mass is 9.83. The first-order chi connectivity index (χ1) is 6.03. The number of nitrogens with one attached hydrogen (secondary N) is 1. The fourth-order valence-electron chi connectivity index (χ4n) is 1.99. The zero-order chi connectivity index (χ0) is 9.90. The molecule has 0 aromatic heterocycles. The SMILES string of the molecule is CC(F)(F)CC1CNCCC1CN. The van der Waals surface area contributed by atoms with Crippen molar-refractivity contribution in [2.75, 3.05) is 19.6 Å². The topological polar surface area (TPSA) is 38.0 Å². The maximum absolute atomic E-state index is 12.7. The quantitative estimate of drug-likeness (QED) is 0.705. The van der Waals surface area contributed by atoms with Crippen molar-refractivity contribution < 1.29 is 8.78 Å². The summed E-state index contributed by atoms with van der Waals surface area (Å²) < 4.78 is 25.5. The normalized spacial score (nSPS) is 30.5. The van der Waals surface area contributed by atoms with E-state index in [9.17, 15) is 8.78 Å². The van der Waals surface area contributed by atoms with Crippen LogP contribution < -0.4 is 11.1 Å². The lowest BCUT2D eigenvalue weighted by Gasteiger charge is -2.32. The molecule has 1 rings (SSSR count). The van der Waals surface area contributed by atoms with Gasteiger partial charge in [-0.05, 0) is 44.8 Å². The molecular weight excluding hydrogens is 174 g/mol. The Bertz CT molecular complexity index is 156. The summed E-state index contributed by atoms with van der Waals surface area (Å²) in [6.45, 7) is 3.11. The van der Waals surface area contributed by atoms with Crippen molar-refractivity contribution >= 4 is 0 Å². The van der Waals surface area contributed by atoms with Crippen molar-refractivity contribution in [2.45, 2.75) is 25.7 Å². The van der Waals surface area contributed by atoms with Gasteiger partial charge in [-0.2, -0.15) is 0 Å². The van der Waals surface area contributed by atoms with Gasteiger partial charge < -0.3 is 11.1 Å². The molecule has 0 amide bonds. The summed E-state index contributed by atoms with van der Waals surface area (Å²) in [6, 6.07) is 0. The molecule has 0 bridgehead atoms.